The molecule has 0 unspecified atom stereocenters. The van der Waals surface area contributed by atoms with E-state index in [9.17, 15) is 4.79 Å². The van der Waals surface area contributed by atoms with E-state index in [0.717, 1.165) is 23.1 Å². The summed E-state index contributed by atoms with van der Waals surface area (Å²) in [6.45, 7) is 3.04. The Balaban J connectivity index is 1.55. The Morgan fingerprint density at radius 2 is 1.78 bits per heavy atom. The Labute approximate surface area is 154 Å². The van der Waals surface area contributed by atoms with Crippen molar-refractivity contribution in [3.63, 3.8) is 0 Å². The molecule has 0 aliphatic carbocycles. The molecule has 0 aliphatic heterocycles. The molecule has 5 rings (SSSR count). The maximum atomic E-state index is 12.7. The fraction of sp³-hybridized carbons (Fsp3) is 0.0952. The van der Waals surface area contributed by atoms with Crippen LogP contribution in [0.3, 0.4) is 0 Å². The van der Waals surface area contributed by atoms with E-state index in [1.165, 1.54) is 16.4 Å². The van der Waals surface area contributed by atoms with Crippen molar-refractivity contribution < 1.29 is 4.79 Å². The predicted octanol–water partition coefficient (Wildman–Crippen LogP) is 4.34. The first-order valence-corrected chi connectivity index (χ1v) is 8.87. The van der Waals surface area contributed by atoms with Crippen LogP contribution in [0.5, 0.6) is 0 Å². The van der Waals surface area contributed by atoms with Crippen LogP contribution in [0.2, 0.25) is 0 Å². The molecule has 0 atom stereocenters. The lowest BCUT2D eigenvalue weighted by Crippen LogP contribution is -2.11. The number of hydrogen-bond acceptors (Lipinski definition) is 3. The summed E-state index contributed by atoms with van der Waals surface area (Å²) in [6.07, 6.45) is 0. The van der Waals surface area contributed by atoms with Crippen LogP contribution in [0.15, 0.2) is 60.7 Å². The molecule has 0 saturated carbocycles. The first-order valence-electron chi connectivity index (χ1n) is 8.87. The average molecular weight is 355 g/mol. The highest BCUT2D eigenvalue weighted by Gasteiger charge is 2.12. The fourth-order valence-corrected chi connectivity index (χ4v) is 3.66. The molecule has 2 heterocycles. The summed E-state index contributed by atoms with van der Waals surface area (Å²) in [5, 5.41) is 15.9. The predicted molar refractivity (Wildman–Crippen MR) is 107 cm³/mol. The van der Waals surface area contributed by atoms with E-state index in [4.69, 9.17) is 0 Å². The van der Waals surface area contributed by atoms with Crippen molar-refractivity contribution in [3.05, 3.63) is 66.2 Å². The van der Waals surface area contributed by atoms with Crippen LogP contribution >= 0.6 is 0 Å². The molecule has 0 radical (unpaired) electrons. The maximum Gasteiger partial charge on any atom is 0.255 e. The third-order valence-corrected chi connectivity index (χ3v) is 4.92. The molecular formula is C21H17N5O. The van der Waals surface area contributed by atoms with Crippen molar-refractivity contribution in [1.82, 2.24) is 20.0 Å². The summed E-state index contributed by atoms with van der Waals surface area (Å²) in [4.78, 5) is 12.7. The first kappa shape index (κ1) is 15.6. The van der Waals surface area contributed by atoms with Crippen molar-refractivity contribution in [2.45, 2.75) is 13.5 Å². The number of aromatic amines is 1. The molecule has 0 saturated heterocycles. The molecule has 1 amide bonds. The number of rotatable bonds is 3. The van der Waals surface area contributed by atoms with Crippen LogP contribution in [0.25, 0.3) is 32.8 Å². The number of para-hydroxylation sites is 1. The van der Waals surface area contributed by atoms with Gasteiger partial charge in [-0.05, 0) is 49.4 Å². The Bertz CT molecular complexity index is 1310. The molecule has 5 aromatic rings. The number of hydrogen-bond donors (Lipinski definition) is 2. The molecule has 2 aromatic heterocycles. The van der Waals surface area contributed by atoms with Crippen molar-refractivity contribution in [3.8, 4) is 0 Å². The van der Waals surface area contributed by atoms with Gasteiger partial charge in [-0.2, -0.15) is 15.4 Å². The van der Waals surface area contributed by atoms with Gasteiger partial charge in [0.1, 0.15) is 11.0 Å². The number of benzene rings is 3. The van der Waals surface area contributed by atoms with Crippen LogP contribution < -0.4 is 5.32 Å². The summed E-state index contributed by atoms with van der Waals surface area (Å²) in [6, 6.07) is 19.7. The van der Waals surface area contributed by atoms with Gasteiger partial charge in [-0.1, -0.05) is 18.2 Å². The van der Waals surface area contributed by atoms with E-state index in [1.807, 2.05) is 18.2 Å². The van der Waals surface area contributed by atoms with E-state index in [0.29, 0.717) is 11.1 Å². The number of fused-ring (bicyclic) bond motifs is 4. The van der Waals surface area contributed by atoms with E-state index < -0.39 is 0 Å². The second kappa shape index (κ2) is 5.95. The van der Waals surface area contributed by atoms with E-state index in [1.54, 1.807) is 18.2 Å². The zero-order chi connectivity index (χ0) is 18.4. The Kier molecular flexibility index (Phi) is 3.43. The molecular weight excluding hydrogens is 338 g/mol. The third kappa shape index (κ3) is 2.45. The van der Waals surface area contributed by atoms with E-state index in [-0.39, 0.29) is 5.91 Å². The Morgan fingerprint density at radius 3 is 2.67 bits per heavy atom. The number of anilines is 1. The Morgan fingerprint density at radius 1 is 0.963 bits per heavy atom. The maximum absolute atomic E-state index is 12.7. The highest BCUT2D eigenvalue weighted by Crippen LogP contribution is 2.31. The summed E-state index contributed by atoms with van der Waals surface area (Å²) in [5.74, 6) is -0.168. The summed E-state index contributed by atoms with van der Waals surface area (Å²) < 4.78 is 2.29. The lowest BCUT2D eigenvalue weighted by atomic mass is 10.1. The first-order chi connectivity index (χ1) is 13.2. The SMILES string of the molecule is CCn1c2ccccc2c2cc(NC(=O)c3ccc4n[nH]nc4c3)ccc21. The van der Waals surface area contributed by atoms with Gasteiger partial charge in [0.15, 0.2) is 0 Å². The zero-order valence-corrected chi connectivity index (χ0v) is 14.7. The lowest BCUT2D eigenvalue weighted by Gasteiger charge is -2.07. The number of carbonyl (C=O) groups excluding carboxylic acids is 1. The number of H-pyrrole nitrogens is 1. The smallest absolute Gasteiger partial charge is 0.255 e. The van der Waals surface area contributed by atoms with Crippen LogP contribution in [-0.4, -0.2) is 25.9 Å². The van der Waals surface area contributed by atoms with Crippen LogP contribution in [-0.2, 0) is 6.54 Å². The van der Waals surface area contributed by atoms with Crippen molar-refractivity contribution in [2.24, 2.45) is 0 Å². The van der Waals surface area contributed by atoms with Crippen LogP contribution in [0, 0.1) is 0 Å². The minimum absolute atomic E-state index is 0.168. The van der Waals surface area contributed by atoms with Gasteiger partial charge in [0.05, 0.1) is 0 Å². The number of aromatic nitrogens is 4. The largest absolute Gasteiger partial charge is 0.341 e. The van der Waals surface area contributed by atoms with Gasteiger partial charge in [0.2, 0.25) is 0 Å². The molecule has 0 bridgehead atoms. The standard InChI is InChI=1S/C21H17N5O/c1-2-26-19-6-4-3-5-15(19)16-12-14(8-10-20(16)26)22-21(27)13-7-9-17-18(11-13)24-25-23-17/h3-12H,2H2,1H3,(H,22,27)(H,23,24,25). The van der Waals surface area contributed by atoms with Gasteiger partial charge < -0.3 is 9.88 Å². The summed E-state index contributed by atoms with van der Waals surface area (Å²) in [5.41, 5.74) is 5.10. The topological polar surface area (TPSA) is 75.6 Å². The number of amides is 1. The highest BCUT2D eigenvalue weighted by molar-refractivity contribution is 6.11. The summed E-state index contributed by atoms with van der Waals surface area (Å²) >= 11 is 0. The highest BCUT2D eigenvalue weighted by atomic mass is 16.1. The Hall–Kier alpha value is -3.67. The quantitative estimate of drug-likeness (QED) is 0.505. The summed E-state index contributed by atoms with van der Waals surface area (Å²) in [7, 11) is 0. The second-order valence-corrected chi connectivity index (χ2v) is 6.47. The second-order valence-electron chi connectivity index (χ2n) is 6.47. The molecule has 0 spiro atoms. The number of carbonyl (C=O) groups is 1. The third-order valence-electron chi connectivity index (χ3n) is 4.92. The minimum atomic E-state index is -0.168. The molecule has 0 fully saturated rings. The fourth-order valence-electron chi connectivity index (χ4n) is 3.66. The molecule has 3 aromatic carbocycles. The van der Waals surface area contributed by atoms with Gasteiger partial charge >= 0.3 is 0 Å². The lowest BCUT2D eigenvalue weighted by molar-refractivity contribution is 0.102. The molecule has 6 heteroatoms. The van der Waals surface area contributed by atoms with Gasteiger partial charge in [0, 0.05) is 39.6 Å². The van der Waals surface area contributed by atoms with E-state index in [2.05, 4.69) is 56.5 Å². The van der Waals surface area contributed by atoms with Gasteiger partial charge in [0.25, 0.3) is 5.91 Å². The molecule has 27 heavy (non-hydrogen) atoms. The molecule has 6 nitrogen and oxygen atoms in total. The van der Waals surface area contributed by atoms with Gasteiger partial charge in [-0.3, -0.25) is 4.79 Å². The monoisotopic (exact) mass is 355 g/mol. The molecule has 0 aliphatic rings. The van der Waals surface area contributed by atoms with Gasteiger partial charge in [-0.15, -0.1) is 0 Å². The van der Waals surface area contributed by atoms with Crippen molar-refractivity contribution in [2.75, 3.05) is 5.32 Å². The number of aryl methyl sites for hydroxylation is 1. The minimum Gasteiger partial charge on any atom is -0.341 e. The van der Waals surface area contributed by atoms with Crippen LogP contribution in [0.1, 0.15) is 17.3 Å². The number of nitrogens with zero attached hydrogens (tertiary/aromatic N) is 3. The normalized spacial score (nSPS) is 11.4. The van der Waals surface area contributed by atoms with Crippen molar-refractivity contribution in [1.29, 1.82) is 0 Å². The number of nitrogens with one attached hydrogen (secondary N) is 2. The van der Waals surface area contributed by atoms with E-state index >= 15 is 0 Å². The van der Waals surface area contributed by atoms with Crippen molar-refractivity contribution >= 4 is 44.4 Å². The van der Waals surface area contributed by atoms with Crippen LogP contribution in [0.4, 0.5) is 5.69 Å². The average Bonchev–Trinajstić information content (AvgIpc) is 3.29. The zero-order valence-electron chi connectivity index (χ0n) is 14.7. The molecule has 2 N–H and O–H groups in total. The molecule has 132 valence electrons. The van der Waals surface area contributed by atoms with Gasteiger partial charge in [-0.25, -0.2) is 0 Å².